The van der Waals surface area contributed by atoms with E-state index in [1.165, 1.54) is 15.5 Å². The third kappa shape index (κ3) is 3.17. The normalized spacial score (nSPS) is 25.1. The Bertz CT molecular complexity index is 947. The molecule has 146 valence electrons. The average Bonchev–Trinajstić information content (AvgIpc) is 3.19. The molecule has 3 fully saturated rings. The molecule has 1 aliphatic carbocycles. The number of aryl methyl sites for hydroxylation is 1. The number of pyridine rings is 1. The van der Waals surface area contributed by atoms with Gasteiger partial charge in [-0.15, -0.1) is 0 Å². The Morgan fingerprint density at radius 3 is 2.64 bits per heavy atom. The predicted octanol–water partition coefficient (Wildman–Crippen LogP) is 2.13. The highest BCUT2D eigenvalue weighted by molar-refractivity contribution is 5.80. The van der Waals surface area contributed by atoms with Crippen molar-refractivity contribution in [2.45, 2.75) is 25.0 Å². The molecule has 5 rings (SSSR count). The quantitative estimate of drug-likeness (QED) is 0.716. The molecule has 2 aliphatic heterocycles. The van der Waals surface area contributed by atoms with E-state index in [9.17, 15) is 14.4 Å². The van der Waals surface area contributed by atoms with Gasteiger partial charge in [-0.05, 0) is 24.5 Å². The lowest BCUT2D eigenvalue weighted by atomic mass is 9.63. The Labute approximate surface area is 162 Å². The van der Waals surface area contributed by atoms with E-state index in [4.69, 9.17) is 9.47 Å². The molecule has 2 bridgehead atoms. The van der Waals surface area contributed by atoms with Gasteiger partial charge in [-0.25, -0.2) is 4.79 Å². The van der Waals surface area contributed by atoms with Crippen molar-refractivity contribution in [1.29, 1.82) is 0 Å². The second-order valence-electron chi connectivity index (χ2n) is 7.80. The number of carbonyl (C=O) groups excluding carboxylic acids is 2. The summed E-state index contributed by atoms with van der Waals surface area (Å²) in [6.07, 6.45) is 3.11. The van der Waals surface area contributed by atoms with Gasteiger partial charge >= 0.3 is 6.09 Å². The van der Waals surface area contributed by atoms with Crippen LogP contribution in [-0.2, 0) is 23.2 Å². The third-order valence-electron chi connectivity index (χ3n) is 5.66. The molecule has 2 aromatic rings. The maximum absolute atomic E-state index is 12.6. The number of rotatable bonds is 6. The van der Waals surface area contributed by atoms with E-state index in [-0.39, 0.29) is 17.6 Å². The molecule has 3 aliphatic rings. The fourth-order valence-corrected chi connectivity index (χ4v) is 4.24. The first kappa shape index (κ1) is 18.3. The zero-order valence-electron chi connectivity index (χ0n) is 15.7. The van der Waals surface area contributed by atoms with Gasteiger partial charge in [0.05, 0.1) is 6.61 Å². The maximum atomic E-state index is 12.6. The number of carbonyl (C=O) groups is 2. The first-order chi connectivity index (χ1) is 13.5. The smallest absolute Gasteiger partial charge is 0.410 e. The number of aldehydes is 1. The number of hydrogen-bond acceptors (Lipinski definition) is 5. The van der Waals surface area contributed by atoms with E-state index in [1.807, 2.05) is 30.3 Å². The molecule has 28 heavy (non-hydrogen) atoms. The summed E-state index contributed by atoms with van der Waals surface area (Å²) in [6, 6.07) is 12.6. The molecule has 0 atom stereocenters. The van der Waals surface area contributed by atoms with Crippen LogP contribution in [0.5, 0.6) is 5.75 Å². The topological polar surface area (TPSA) is 77.8 Å². The van der Waals surface area contributed by atoms with Gasteiger partial charge in [0.2, 0.25) is 0 Å². The van der Waals surface area contributed by atoms with Crippen molar-refractivity contribution in [2.24, 2.45) is 12.5 Å². The molecule has 1 aromatic heterocycles. The fraction of sp³-hybridized carbons (Fsp3) is 0.381. The van der Waals surface area contributed by atoms with Crippen molar-refractivity contribution in [3.63, 3.8) is 0 Å². The fourth-order valence-electron chi connectivity index (χ4n) is 4.24. The van der Waals surface area contributed by atoms with Crippen LogP contribution in [0.25, 0.3) is 0 Å². The van der Waals surface area contributed by atoms with Crippen molar-refractivity contribution < 1.29 is 19.1 Å². The van der Waals surface area contributed by atoms with E-state index in [1.54, 1.807) is 19.3 Å². The predicted molar refractivity (Wildman–Crippen MR) is 101 cm³/mol. The molecule has 0 unspecified atom stereocenters. The zero-order valence-corrected chi connectivity index (χ0v) is 15.7. The average molecular weight is 382 g/mol. The maximum Gasteiger partial charge on any atom is 0.410 e. The highest BCUT2D eigenvalue weighted by Gasteiger charge is 2.67. The van der Waals surface area contributed by atoms with E-state index in [0.29, 0.717) is 31.7 Å². The molecule has 1 amide bonds. The third-order valence-corrected chi connectivity index (χ3v) is 5.66. The largest absolute Gasteiger partial charge is 0.493 e. The molecular formula is C21H22N2O5. The highest BCUT2D eigenvalue weighted by Crippen LogP contribution is 2.58. The molecule has 1 aromatic carbocycles. The van der Waals surface area contributed by atoms with Crippen LogP contribution in [0.1, 0.15) is 18.4 Å². The Kier molecular flexibility index (Phi) is 4.45. The molecule has 7 heteroatoms. The van der Waals surface area contributed by atoms with Crippen molar-refractivity contribution in [2.75, 3.05) is 13.2 Å². The zero-order chi connectivity index (χ0) is 19.8. The summed E-state index contributed by atoms with van der Waals surface area (Å²) in [5.41, 5.74) is -0.341. The Balaban J connectivity index is 1.39. The van der Waals surface area contributed by atoms with Crippen molar-refractivity contribution in [3.05, 3.63) is 64.6 Å². The monoisotopic (exact) mass is 382 g/mol. The summed E-state index contributed by atoms with van der Waals surface area (Å²) in [4.78, 5) is 37.5. The molecule has 7 nitrogen and oxygen atoms in total. The standard InChI is InChI=1S/C21H22N2O5/c1-22-8-7-17(9-18(22)25)28-15-20-11-21(12-20,14-24)23(13-20)19(26)27-10-16-5-3-2-4-6-16/h2-9,14H,10-13,15H2,1H3. The first-order valence-electron chi connectivity index (χ1n) is 9.20. The summed E-state index contributed by atoms with van der Waals surface area (Å²) in [7, 11) is 1.67. The van der Waals surface area contributed by atoms with Gasteiger partial charge in [0, 0.05) is 31.3 Å². The molecule has 0 N–H and O–H groups in total. The molecule has 1 saturated carbocycles. The van der Waals surface area contributed by atoms with Gasteiger partial charge in [-0.2, -0.15) is 0 Å². The number of ether oxygens (including phenoxy) is 2. The Hall–Kier alpha value is -3.09. The summed E-state index contributed by atoms with van der Waals surface area (Å²) in [6.45, 7) is 0.921. The van der Waals surface area contributed by atoms with Gasteiger partial charge in [0.15, 0.2) is 0 Å². The number of fused-ring (bicyclic) bond motifs is 1. The molecular weight excluding hydrogens is 360 g/mol. The number of aromatic nitrogens is 1. The number of hydrogen-bond donors (Lipinski definition) is 0. The van der Waals surface area contributed by atoms with Crippen LogP contribution in [0.3, 0.4) is 0 Å². The number of nitrogens with zero attached hydrogens (tertiary/aromatic N) is 2. The van der Waals surface area contributed by atoms with Gasteiger partial charge in [-0.3, -0.25) is 9.69 Å². The SMILES string of the molecule is Cn1ccc(OCC23CN(C(=O)OCc4ccccc4)C(C=O)(C2)C3)cc1=O. The van der Waals surface area contributed by atoms with E-state index >= 15 is 0 Å². The van der Waals surface area contributed by atoms with Gasteiger partial charge in [0.1, 0.15) is 24.2 Å². The highest BCUT2D eigenvalue weighted by atomic mass is 16.6. The second kappa shape index (κ2) is 6.82. The summed E-state index contributed by atoms with van der Waals surface area (Å²) in [5.74, 6) is 0.492. The summed E-state index contributed by atoms with van der Waals surface area (Å²) >= 11 is 0. The molecule has 3 heterocycles. The van der Waals surface area contributed by atoms with Crippen molar-refractivity contribution in [1.82, 2.24) is 9.47 Å². The Morgan fingerprint density at radius 2 is 1.96 bits per heavy atom. The van der Waals surface area contributed by atoms with Gasteiger partial charge < -0.3 is 18.8 Å². The number of benzene rings is 1. The van der Waals surface area contributed by atoms with Crippen molar-refractivity contribution >= 4 is 12.4 Å². The molecule has 2 saturated heterocycles. The van der Waals surface area contributed by atoms with E-state index in [2.05, 4.69) is 0 Å². The molecule has 0 spiro atoms. The van der Waals surface area contributed by atoms with Crippen LogP contribution >= 0.6 is 0 Å². The van der Waals surface area contributed by atoms with Crippen LogP contribution in [0.2, 0.25) is 0 Å². The lowest BCUT2D eigenvalue weighted by Gasteiger charge is -2.43. The van der Waals surface area contributed by atoms with Crippen LogP contribution in [0.15, 0.2) is 53.5 Å². The minimum absolute atomic E-state index is 0.150. The summed E-state index contributed by atoms with van der Waals surface area (Å²) < 4.78 is 12.7. The first-order valence-corrected chi connectivity index (χ1v) is 9.20. The van der Waals surface area contributed by atoms with Crippen LogP contribution in [0, 0.1) is 5.41 Å². The van der Waals surface area contributed by atoms with Crippen molar-refractivity contribution in [3.8, 4) is 5.75 Å². The lowest BCUT2D eigenvalue weighted by Crippen LogP contribution is -2.53. The number of amides is 1. The summed E-state index contributed by atoms with van der Waals surface area (Å²) in [5, 5.41) is 0. The van der Waals surface area contributed by atoms with Gasteiger partial charge in [0.25, 0.3) is 5.56 Å². The van der Waals surface area contributed by atoms with Crippen LogP contribution < -0.4 is 10.3 Å². The van der Waals surface area contributed by atoms with Crippen LogP contribution in [0.4, 0.5) is 4.79 Å². The van der Waals surface area contributed by atoms with E-state index in [0.717, 1.165) is 11.8 Å². The van der Waals surface area contributed by atoms with E-state index < -0.39 is 11.6 Å². The Morgan fingerprint density at radius 1 is 1.21 bits per heavy atom. The van der Waals surface area contributed by atoms with Gasteiger partial charge in [-0.1, -0.05) is 30.3 Å². The minimum atomic E-state index is -0.802. The minimum Gasteiger partial charge on any atom is -0.493 e. The van der Waals surface area contributed by atoms with Crippen LogP contribution in [-0.4, -0.2) is 40.5 Å². The second-order valence-corrected chi connectivity index (χ2v) is 7.80. The molecule has 0 radical (unpaired) electrons. The lowest BCUT2D eigenvalue weighted by molar-refractivity contribution is -0.121.